The van der Waals surface area contributed by atoms with Crippen molar-refractivity contribution in [3.63, 3.8) is 0 Å². The Labute approximate surface area is 171 Å². The van der Waals surface area contributed by atoms with Gasteiger partial charge in [0.2, 0.25) is 0 Å². The van der Waals surface area contributed by atoms with Crippen molar-refractivity contribution < 1.29 is 14.3 Å². The summed E-state index contributed by atoms with van der Waals surface area (Å²) in [5, 5.41) is 0.249. The molecular formula is C19H15Cl3N2O3. The Kier molecular flexibility index (Phi) is 7.02. The molecule has 0 atom stereocenters. The normalized spacial score (nSPS) is 11.1. The van der Waals surface area contributed by atoms with Gasteiger partial charge in [-0.05, 0) is 36.8 Å². The van der Waals surface area contributed by atoms with E-state index < -0.39 is 0 Å². The molecule has 0 aliphatic rings. The number of hydrogen-bond acceptors (Lipinski definition) is 4. The Morgan fingerprint density at radius 2 is 1.96 bits per heavy atom. The molecular weight excluding hydrogens is 411 g/mol. The number of aryl methyl sites for hydroxylation is 1. The summed E-state index contributed by atoms with van der Waals surface area (Å²) < 4.78 is 8.75. The Bertz CT molecular complexity index is 942. The van der Waals surface area contributed by atoms with Crippen LogP contribution in [0.1, 0.15) is 21.5 Å². The predicted octanol–water partition coefficient (Wildman–Crippen LogP) is 5.16. The van der Waals surface area contributed by atoms with Crippen LogP contribution in [0, 0.1) is 6.92 Å². The van der Waals surface area contributed by atoms with Crippen LogP contribution in [0.15, 0.2) is 52.6 Å². The lowest BCUT2D eigenvalue weighted by atomic mass is 9.98. The number of anilines is 1. The van der Waals surface area contributed by atoms with Crippen molar-refractivity contribution in [1.29, 1.82) is 0 Å². The molecule has 0 radical (unpaired) electrons. The second-order valence-corrected chi connectivity index (χ2v) is 6.46. The summed E-state index contributed by atoms with van der Waals surface area (Å²) in [6.07, 6.45) is 0.399. The number of nitrogens with zero attached hydrogens (tertiary/aromatic N) is 2. The van der Waals surface area contributed by atoms with E-state index in [1.54, 1.807) is 18.2 Å². The van der Waals surface area contributed by atoms with Crippen LogP contribution in [0.5, 0.6) is 5.75 Å². The van der Waals surface area contributed by atoms with Crippen LogP contribution in [-0.2, 0) is 4.79 Å². The fourth-order valence-electron chi connectivity index (χ4n) is 2.62. The maximum absolute atomic E-state index is 13.3. The first kappa shape index (κ1) is 21.0. The summed E-state index contributed by atoms with van der Waals surface area (Å²) in [7, 11) is 1.48. The number of rotatable bonds is 6. The average Bonchev–Trinajstić information content (AvgIpc) is 2.65. The van der Waals surface area contributed by atoms with E-state index in [0.717, 1.165) is 10.5 Å². The van der Waals surface area contributed by atoms with Crippen LogP contribution in [0.3, 0.4) is 0 Å². The van der Waals surface area contributed by atoms with Gasteiger partial charge in [-0.15, -0.1) is 0 Å². The van der Waals surface area contributed by atoms with Gasteiger partial charge in [0.1, 0.15) is 10.9 Å². The minimum absolute atomic E-state index is 0.0749. The molecule has 27 heavy (non-hydrogen) atoms. The second-order valence-electron chi connectivity index (χ2n) is 5.42. The molecule has 0 amide bonds. The molecule has 0 unspecified atom stereocenters. The number of para-hydroxylation sites is 1. The molecule has 0 fully saturated rings. The third-order valence-electron chi connectivity index (χ3n) is 3.77. The van der Waals surface area contributed by atoms with Gasteiger partial charge in [0.15, 0.2) is 17.9 Å². The van der Waals surface area contributed by atoms with E-state index in [1.165, 1.54) is 19.2 Å². The number of ether oxygens (including phenoxy) is 1. The highest BCUT2D eigenvalue weighted by Gasteiger charge is 2.25. The molecule has 0 aliphatic heterocycles. The van der Waals surface area contributed by atoms with Crippen molar-refractivity contribution in [2.45, 2.75) is 6.92 Å². The van der Waals surface area contributed by atoms with E-state index >= 15 is 0 Å². The van der Waals surface area contributed by atoms with E-state index in [9.17, 15) is 9.59 Å². The first-order chi connectivity index (χ1) is 12.8. The number of amidine groups is 1. The summed E-state index contributed by atoms with van der Waals surface area (Å²) in [6, 6.07) is 9.73. The SMILES string of the molecule is C=C(Cl)N(/C(C=O)=N\Cl)c1ccc(Cl)cc1C(=O)c1cccc(C)c1OC. The number of hydrogen-bond donors (Lipinski definition) is 0. The monoisotopic (exact) mass is 424 g/mol. The molecule has 0 aliphatic carbocycles. The lowest BCUT2D eigenvalue weighted by Gasteiger charge is -2.24. The zero-order valence-electron chi connectivity index (χ0n) is 14.5. The van der Waals surface area contributed by atoms with Gasteiger partial charge in [-0.25, -0.2) is 0 Å². The molecule has 140 valence electrons. The number of carbonyl (C=O) groups is 2. The van der Waals surface area contributed by atoms with E-state index in [0.29, 0.717) is 22.6 Å². The van der Waals surface area contributed by atoms with Gasteiger partial charge < -0.3 is 4.74 Å². The maximum atomic E-state index is 13.3. The zero-order chi connectivity index (χ0) is 20.1. The van der Waals surface area contributed by atoms with E-state index in [2.05, 4.69) is 11.1 Å². The van der Waals surface area contributed by atoms with Crippen LogP contribution in [-0.4, -0.2) is 25.0 Å². The lowest BCUT2D eigenvalue weighted by molar-refractivity contribution is -0.102. The number of benzene rings is 2. The highest BCUT2D eigenvalue weighted by Crippen LogP contribution is 2.33. The first-order valence-electron chi connectivity index (χ1n) is 7.62. The van der Waals surface area contributed by atoms with Crippen molar-refractivity contribution >= 4 is 58.6 Å². The van der Waals surface area contributed by atoms with Gasteiger partial charge in [-0.2, -0.15) is 4.51 Å². The zero-order valence-corrected chi connectivity index (χ0v) is 16.8. The number of methoxy groups -OCH3 is 1. The number of carbonyl (C=O) groups excluding carboxylic acids is 2. The summed E-state index contributed by atoms with van der Waals surface area (Å²) in [6.45, 7) is 5.44. The van der Waals surface area contributed by atoms with Crippen LogP contribution in [0.2, 0.25) is 5.02 Å². The standard InChI is InChI=1S/C19H15Cl3N2O3/c1-11-5-4-6-14(19(11)27-3)18(26)15-9-13(21)7-8-16(15)24(12(2)20)17(10-25)23-22/h4-10H,2H2,1,3H3/b23-17-. The Morgan fingerprint density at radius 3 is 2.52 bits per heavy atom. The Hall–Kier alpha value is -2.34. The summed E-state index contributed by atoms with van der Waals surface area (Å²) in [5.41, 5.74) is 1.55. The van der Waals surface area contributed by atoms with Crippen molar-refractivity contribution in [1.82, 2.24) is 0 Å². The molecule has 8 heteroatoms. The smallest absolute Gasteiger partial charge is 0.198 e. The van der Waals surface area contributed by atoms with Crippen LogP contribution < -0.4 is 9.64 Å². The predicted molar refractivity (Wildman–Crippen MR) is 109 cm³/mol. The van der Waals surface area contributed by atoms with E-state index in [1.807, 2.05) is 13.0 Å². The molecule has 2 rings (SSSR count). The van der Waals surface area contributed by atoms with Gasteiger partial charge in [-0.1, -0.05) is 41.9 Å². The number of halogens is 3. The first-order valence-corrected chi connectivity index (χ1v) is 8.71. The summed E-state index contributed by atoms with van der Waals surface area (Å²) >= 11 is 17.6. The largest absolute Gasteiger partial charge is 0.496 e. The highest BCUT2D eigenvalue weighted by molar-refractivity contribution is 6.45. The van der Waals surface area contributed by atoms with Crippen LogP contribution >= 0.6 is 35.0 Å². The van der Waals surface area contributed by atoms with Crippen LogP contribution in [0.25, 0.3) is 0 Å². The summed E-state index contributed by atoms with van der Waals surface area (Å²) in [5.74, 6) is -0.175. The van der Waals surface area contributed by atoms with Crippen molar-refractivity contribution in [2.75, 3.05) is 12.0 Å². The number of aldehydes is 1. The van der Waals surface area contributed by atoms with E-state index in [-0.39, 0.29) is 28.0 Å². The number of ketones is 1. The van der Waals surface area contributed by atoms with Crippen molar-refractivity contribution in [3.05, 3.63) is 69.8 Å². The fourth-order valence-corrected chi connectivity index (χ4v) is 3.09. The molecule has 2 aromatic rings. The Morgan fingerprint density at radius 1 is 1.26 bits per heavy atom. The minimum atomic E-state index is -0.379. The lowest BCUT2D eigenvalue weighted by Crippen LogP contribution is -2.30. The van der Waals surface area contributed by atoms with Gasteiger partial charge in [0, 0.05) is 22.4 Å². The molecule has 5 nitrogen and oxygen atoms in total. The summed E-state index contributed by atoms with van der Waals surface area (Å²) in [4.78, 5) is 25.8. The molecule has 0 aromatic heterocycles. The molecule has 0 saturated carbocycles. The second kappa shape index (κ2) is 9.04. The average molecular weight is 426 g/mol. The van der Waals surface area contributed by atoms with Crippen molar-refractivity contribution in [2.24, 2.45) is 4.51 Å². The van der Waals surface area contributed by atoms with Crippen molar-refractivity contribution in [3.8, 4) is 5.75 Å². The Balaban J connectivity index is 2.73. The van der Waals surface area contributed by atoms with Crippen LogP contribution in [0.4, 0.5) is 5.69 Å². The quantitative estimate of drug-likeness (QED) is 0.211. The van der Waals surface area contributed by atoms with Gasteiger partial charge in [-0.3, -0.25) is 14.5 Å². The van der Waals surface area contributed by atoms with E-state index in [4.69, 9.17) is 39.7 Å². The topological polar surface area (TPSA) is 59.0 Å². The molecule has 0 bridgehead atoms. The fraction of sp³-hybridized carbons (Fsp3) is 0.105. The maximum Gasteiger partial charge on any atom is 0.198 e. The molecule has 0 N–H and O–H groups in total. The third-order valence-corrected chi connectivity index (χ3v) is 4.35. The molecule has 0 spiro atoms. The molecule has 2 aromatic carbocycles. The third kappa shape index (κ3) is 4.33. The molecule has 0 saturated heterocycles. The van der Waals surface area contributed by atoms with Gasteiger partial charge in [0.25, 0.3) is 0 Å². The highest BCUT2D eigenvalue weighted by atomic mass is 35.5. The van der Waals surface area contributed by atoms with Gasteiger partial charge >= 0.3 is 0 Å². The van der Waals surface area contributed by atoms with Gasteiger partial charge in [0.05, 0.1) is 18.4 Å². The minimum Gasteiger partial charge on any atom is -0.496 e. The molecule has 0 heterocycles.